The SMILES string of the molecule is CC(C)(C)c1ccc(OCCO)c(C2(c3cc(C(C)(C)C)ccc3OCCO)C(=O)Nc3ccccc32)c1. The van der Waals surface area contributed by atoms with Crippen molar-refractivity contribution >= 4 is 11.6 Å². The Labute approximate surface area is 225 Å². The van der Waals surface area contributed by atoms with Crippen molar-refractivity contribution in [2.45, 2.75) is 57.8 Å². The molecule has 3 aromatic rings. The van der Waals surface area contributed by atoms with E-state index in [-0.39, 0.29) is 43.2 Å². The first-order valence-corrected chi connectivity index (χ1v) is 13.1. The quantitative estimate of drug-likeness (QED) is 0.377. The molecule has 0 fully saturated rings. The third-order valence-electron chi connectivity index (χ3n) is 7.12. The van der Waals surface area contributed by atoms with E-state index in [4.69, 9.17) is 9.47 Å². The van der Waals surface area contributed by atoms with Gasteiger partial charge in [-0.25, -0.2) is 0 Å². The maximum Gasteiger partial charge on any atom is 0.244 e. The Morgan fingerprint density at radius 3 is 1.63 bits per heavy atom. The van der Waals surface area contributed by atoms with Gasteiger partial charge in [0.05, 0.1) is 13.2 Å². The second kappa shape index (κ2) is 10.4. The highest BCUT2D eigenvalue weighted by atomic mass is 16.5. The molecular weight excluding hydrogens is 478 g/mol. The van der Waals surface area contributed by atoms with Gasteiger partial charge in [0, 0.05) is 22.4 Å². The van der Waals surface area contributed by atoms with Crippen molar-refractivity contribution in [1.29, 1.82) is 0 Å². The number of hydrogen-bond donors (Lipinski definition) is 3. The van der Waals surface area contributed by atoms with E-state index >= 15 is 0 Å². The lowest BCUT2D eigenvalue weighted by molar-refractivity contribution is -0.118. The van der Waals surface area contributed by atoms with Gasteiger partial charge < -0.3 is 25.0 Å². The predicted molar refractivity (Wildman–Crippen MR) is 150 cm³/mol. The van der Waals surface area contributed by atoms with Crippen LogP contribution < -0.4 is 14.8 Å². The van der Waals surface area contributed by atoms with Crippen LogP contribution in [0.15, 0.2) is 60.7 Å². The van der Waals surface area contributed by atoms with Crippen molar-refractivity contribution in [3.63, 3.8) is 0 Å². The molecule has 4 rings (SSSR count). The average molecular weight is 518 g/mol. The topological polar surface area (TPSA) is 88.0 Å². The van der Waals surface area contributed by atoms with Gasteiger partial charge in [0.1, 0.15) is 30.1 Å². The summed E-state index contributed by atoms with van der Waals surface area (Å²) in [4.78, 5) is 14.4. The maximum absolute atomic E-state index is 14.4. The molecule has 0 aliphatic carbocycles. The van der Waals surface area contributed by atoms with Crippen LogP contribution in [0.3, 0.4) is 0 Å². The Bertz CT molecular complexity index is 1250. The first-order chi connectivity index (χ1) is 17.9. The first kappa shape index (κ1) is 27.7. The Kier molecular flexibility index (Phi) is 7.60. The Hall–Kier alpha value is -3.35. The zero-order valence-electron chi connectivity index (χ0n) is 23.2. The number of carbonyl (C=O) groups excluding carboxylic acids is 1. The third-order valence-corrected chi connectivity index (χ3v) is 7.12. The molecule has 0 saturated carbocycles. The molecule has 38 heavy (non-hydrogen) atoms. The summed E-state index contributed by atoms with van der Waals surface area (Å²) in [5.74, 6) is 0.833. The van der Waals surface area contributed by atoms with Crippen LogP contribution >= 0.6 is 0 Å². The van der Waals surface area contributed by atoms with E-state index in [2.05, 4.69) is 46.9 Å². The Balaban J connectivity index is 2.17. The van der Waals surface area contributed by atoms with Crippen LogP contribution in [0.2, 0.25) is 0 Å². The molecule has 1 aliphatic rings. The van der Waals surface area contributed by atoms with Crippen LogP contribution in [0.4, 0.5) is 5.69 Å². The zero-order valence-corrected chi connectivity index (χ0v) is 23.2. The molecule has 202 valence electrons. The van der Waals surface area contributed by atoms with Crippen molar-refractivity contribution in [2.24, 2.45) is 0 Å². The smallest absolute Gasteiger partial charge is 0.244 e. The number of aliphatic hydroxyl groups excluding tert-OH is 2. The van der Waals surface area contributed by atoms with Gasteiger partial charge in [0.25, 0.3) is 0 Å². The summed E-state index contributed by atoms with van der Waals surface area (Å²) in [7, 11) is 0. The molecule has 0 saturated heterocycles. The fourth-order valence-electron chi connectivity index (χ4n) is 5.08. The summed E-state index contributed by atoms with van der Waals surface area (Å²) in [6.07, 6.45) is 0. The van der Waals surface area contributed by atoms with Crippen LogP contribution in [0, 0.1) is 0 Å². The Morgan fingerprint density at radius 1 is 0.711 bits per heavy atom. The molecule has 0 aromatic heterocycles. The minimum Gasteiger partial charge on any atom is -0.491 e. The summed E-state index contributed by atoms with van der Waals surface area (Å²) >= 11 is 0. The van der Waals surface area contributed by atoms with E-state index in [0.29, 0.717) is 22.6 Å². The second-order valence-electron chi connectivity index (χ2n) is 11.8. The van der Waals surface area contributed by atoms with Crippen molar-refractivity contribution in [3.8, 4) is 11.5 Å². The van der Waals surface area contributed by atoms with E-state index in [1.807, 2.05) is 60.7 Å². The molecule has 1 amide bonds. The van der Waals surface area contributed by atoms with Gasteiger partial charge in [-0.1, -0.05) is 71.9 Å². The minimum atomic E-state index is -1.30. The molecular formula is C32H39NO5. The van der Waals surface area contributed by atoms with E-state index in [1.165, 1.54) is 0 Å². The summed E-state index contributed by atoms with van der Waals surface area (Å²) in [6.45, 7) is 12.7. The molecule has 1 heterocycles. The van der Waals surface area contributed by atoms with Crippen LogP contribution in [0.25, 0.3) is 0 Å². The van der Waals surface area contributed by atoms with Gasteiger partial charge in [-0.05, 0) is 52.3 Å². The van der Waals surface area contributed by atoms with Crippen molar-refractivity contribution < 1.29 is 24.5 Å². The summed E-state index contributed by atoms with van der Waals surface area (Å²) < 4.78 is 12.2. The number of para-hydroxylation sites is 1. The number of aliphatic hydroxyl groups is 2. The van der Waals surface area contributed by atoms with Crippen LogP contribution in [0.1, 0.15) is 69.4 Å². The summed E-state index contributed by atoms with van der Waals surface area (Å²) in [5, 5.41) is 22.3. The van der Waals surface area contributed by atoms with Gasteiger partial charge in [0.15, 0.2) is 0 Å². The highest BCUT2D eigenvalue weighted by Gasteiger charge is 2.53. The van der Waals surface area contributed by atoms with Crippen LogP contribution in [-0.4, -0.2) is 42.5 Å². The lowest BCUT2D eigenvalue weighted by Crippen LogP contribution is -2.38. The van der Waals surface area contributed by atoms with E-state index in [1.54, 1.807) is 0 Å². The van der Waals surface area contributed by atoms with Crippen LogP contribution in [-0.2, 0) is 21.0 Å². The average Bonchev–Trinajstić information content (AvgIpc) is 3.17. The summed E-state index contributed by atoms with van der Waals surface area (Å²) in [5.41, 5.74) is 3.30. The number of fused-ring (bicyclic) bond motifs is 1. The van der Waals surface area contributed by atoms with Crippen molar-refractivity contribution in [2.75, 3.05) is 31.7 Å². The molecule has 0 bridgehead atoms. The molecule has 0 radical (unpaired) electrons. The molecule has 3 N–H and O–H groups in total. The zero-order chi connectivity index (χ0) is 27.7. The van der Waals surface area contributed by atoms with Gasteiger partial charge in [-0.15, -0.1) is 0 Å². The third kappa shape index (κ3) is 4.91. The molecule has 1 aliphatic heterocycles. The number of anilines is 1. The van der Waals surface area contributed by atoms with Crippen LogP contribution in [0.5, 0.6) is 11.5 Å². The molecule has 6 heteroatoms. The van der Waals surface area contributed by atoms with Gasteiger partial charge in [-0.2, -0.15) is 0 Å². The number of carbonyl (C=O) groups is 1. The minimum absolute atomic E-state index is 0.0944. The lowest BCUT2D eigenvalue weighted by atomic mass is 9.67. The van der Waals surface area contributed by atoms with E-state index in [9.17, 15) is 15.0 Å². The van der Waals surface area contributed by atoms with Gasteiger partial charge in [-0.3, -0.25) is 4.79 Å². The predicted octanol–water partition coefficient (Wildman–Crippen LogP) is 5.31. The number of hydrogen-bond acceptors (Lipinski definition) is 5. The Morgan fingerprint density at radius 2 is 1.18 bits per heavy atom. The maximum atomic E-state index is 14.4. The molecule has 0 unspecified atom stereocenters. The molecule has 0 atom stereocenters. The normalized spacial score (nSPS) is 14.7. The molecule has 0 spiro atoms. The lowest BCUT2D eigenvalue weighted by Gasteiger charge is -2.34. The number of ether oxygens (including phenoxy) is 2. The second-order valence-corrected chi connectivity index (χ2v) is 11.8. The number of benzene rings is 3. The number of amides is 1. The first-order valence-electron chi connectivity index (χ1n) is 13.1. The number of rotatable bonds is 8. The fourth-order valence-corrected chi connectivity index (χ4v) is 5.08. The van der Waals surface area contributed by atoms with Crippen molar-refractivity contribution in [3.05, 3.63) is 88.5 Å². The molecule has 6 nitrogen and oxygen atoms in total. The van der Waals surface area contributed by atoms with Gasteiger partial charge in [0.2, 0.25) is 5.91 Å². The standard InChI is InChI=1S/C32H39NO5/c1-30(2,3)21-11-13-27(37-17-15-34)24(19-21)32(23-9-7-8-10-26(23)33-29(32)36)25-20-22(31(4,5)6)12-14-28(25)38-18-16-35/h7-14,19-20,34-35H,15-18H2,1-6H3,(H,33,36). The molecule has 3 aromatic carbocycles. The highest BCUT2D eigenvalue weighted by molar-refractivity contribution is 6.12. The largest absolute Gasteiger partial charge is 0.491 e. The fraction of sp³-hybridized carbons (Fsp3) is 0.406. The van der Waals surface area contributed by atoms with Crippen molar-refractivity contribution in [1.82, 2.24) is 0 Å². The number of nitrogens with one attached hydrogen (secondary N) is 1. The van der Waals surface area contributed by atoms with E-state index < -0.39 is 5.41 Å². The monoisotopic (exact) mass is 517 g/mol. The summed E-state index contributed by atoms with van der Waals surface area (Å²) in [6, 6.07) is 19.6. The van der Waals surface area contributed by atoms with E-state index in [0.717, 1.165) is 22.4 Å². The highest BCUT2D eigenvalue weighted by Crippen LogP contribution is 2.53. The van der Waals surface area contributed by atoms with Gasteiger partial charge >= 0.3 is 0 Å².